The summed E-state index contributed by atoms with van der Waals surface area (Å²) in [6.45, 7) is 0.567. The molecule has 0 saturated heterocycles. The monoisotopic (exact) mass is 390 g/mol. The summed E-state index contributed by atoms with van der Waals surface area (Å²) in [6.07, 6.45) is 1.41. The molecule has 0 spiro atoms. The van der Waals surface area contributed by atoms with Gasteiger partial charge in [0, 0.05) is 11.9 Å². The van der Waals surface area contributed by atoms with Crippen molar-refractivity contribution in [2.24, 2.45) is 0 Å². The van der Waals surface area contributed by atoms with Crippen molar-refractivity contribution in [1.82, 2.24) is 5.32 Å². The van der Waals surface area contributed by atoms with E-state index in [2.05, 4.69) is 10.6 Å². The average molecular weight is 391 g/mol. The van der Waals surface area contributed by atoms with Crippen molar-refractivity contribution in [3.63, 3.8) is 0 Å². The van der Waals surface area contributed by atoms with Crippen LogP contribution in [0.4, 0.5) is 10.1 Å². The molecule has 2 N–H and O–H groups in total. The van der Waals surface area contributed by atoms with Crippen molar-refractivity contribution >= 4 is 41.1 Å². The van der Waals surface area contributed by atoms with Crippen molar-refractivity contribution in [2.45, 2.75) is 6.92 Å². The molecule has 0 aliphatic rings. The minimum absolute atomic E-state index is 0.129. The van der Waals surface area contributed by atoms with E-state index in [4.69, 9.17) is 16.3 Å². The van der Waals surface area contributed by atoms with Crippen LogP contribution in [-0.2, 0) is 19.1 Å². The van der Waals surface area contributed by atoms with Gasteiger partial charge in [0.05, 0.1) is 5.69 Å². The van der Waals surface area contributed by atoms with Gasteiger partial charge in [-0.2, -0.15) is 0 Å². The number of benzene rings is 2. The molecule has 0 aliphatic carbocycles. The average Bonchev–Trinajstić information content (AvgIpc) is 2.62. The Morgan fingerprint density at radius 1 is 1.15 bits per heavy atom. The summed E-state index contributed by atoms with van der Waals surface area (Å²) in [4.78, 5) is 35.4. The summed E-state index contributed by atoms with van der Waals surface area (Å²) in [5.41, 5.74) is 0.393. The molecule has 0 heterocycles. The third-order valence-electron chi connectivity index (χ3n) is 3.18. The molecule has 2 amide bonds. The van der Waals surface area contributed by atoms with Crippen molar-refractivity contribution in [3.05, 3.63) is 70.6 Å². The Hall–Kier alpha value is -3.19. The predicted octanol–water partition coefficient (Wildman–Crippen LogP) is 3.14. The fourth-order valence-corrected chi connectivity index (χ4v) is 2.21. The molecule has 6 nitrogen and oxygen atoms in total. The Morgan fingerprint density at radius 2 is 1.85 bits per heavy atom. The molecule has 0 unspecified atom stereocenters. The Balaban J connectivity index is 2.02. The fraction of sp³-hybridized carbons (Fsp3) is 0.105. The number of anilines is 1. The van der Waals surface area contributed by atoms with Gasteiger partial charge < -0.3 is 15.4 Å². The Bertz CT molecular complexity index is 885. The van der Waals surface area contributed by atoms with E-state index < -0.39 is 30.2 Å². The molecular weight excluding hydrogens is 375 g/mol. The van der Waals surface area contributed by atoms with Crippen LogP contribution in [0.25, 0.3) is 6.08 Å². The van der Waals surface area contributed by atoms with Crippen LogP contribution in [-0.4, -0.2) is 24.4 Å². The number of carbonyl (C=O) groups excluding carboxylic acids is 3. The van der Waals surface area contributed by atoms with E-state index in [0.717, 1.165) is 6.07 Å². The lowest BCUT2D eigenvalue weighted by Gasteiger charge is -2.10. The fourth-order valence-electron chi connectivity index (χ4n) is 2.04. The van der Waals surface area contributed by atoms with Gasteiger partial charge in [-0.15, -0.1) is 0 Å². The van der Waals surface area contributed by atoms with Gasteiger partial charge in [-0.05, 0) is 29.8 Å². The Morgan fingerprint density at radius 3 is 2.52 bits per heavy atom. The van der Waals surface area contributed by atoms with Crippen LogP contribution in [0.3, 0.4) is 0 Å². The minimum Gasteiger partial charge on any atom is -0.451 e. The Kier molecular flexibility index (Phi) is 7.08. The summed E-state index contributed by atoms with van der Waals surface area (Å²) in [6, 6.07) is 12.4. The second-order valence-electron chi connectivity index (χ2n) is 5.40. The van der Waals surface area contributed by atoms with Gasteiger partial charge in [0.1, 0.15) is 11.5 Å². The van der Waals surface area contributed by atoms with E-state index in [1.165, 1.54) is 25.1 Å². The van der Waals surface area contributed by atoms with Crippen LogP contribution in [0, 0.1) is 5.82 Å². The second kappa shape index (κ2) is 9.49. The first kappa shape index (κ1) is 20.1. The first-order valence-corrected chi connectivity index (χ1v) is 8.19. The smallest absolute Gasteiger partial charge is 0.355 e. The van der Waals surface area contributed by atoms with E-state index in [1.54, 1.807) is 30.3 Å². The molecule has 2 aromatic carbocycles. The van der Waals surface area contributed by atoms with Crippen molar-refractivity contribution < 1.29 is 23.5 Å². The van der Waals surface area contributed by atoms with Gasteiger partial charge in [0.15, 0.2) is 6.61 Å². The maximum atomic E-state index is 13.6. The van der Waals surface area contributed by atoms with E-state index in [9.17, 15) is 18.8 Å². The number of esters is 1. The van der Waals surface area contributed by atoms with E-state index in [0.29, 0.717) is 5.56 Å². The van der Waals surface area contributed by atoms with Gasteiger partial charge >= 0.3 is 5.97 Å². The Labute approximate surface area is 160 Å². The van der Waals surface area contributed by atoms with Crippen molar-refractivity contribution in [1.29, 1.82) is 0 Å². The molecule has 2 rings (SSSR count). The van der Waals surface area contributed by atoms with E-state index in [1.807, 2.05) is 0 Å². The summed E-state index contributed by atoms with van der Waals surface area (Å²) in [5.74, 6) is -2.82. The summed E-state index contributed by atoms with van der Waals surface area (Å²) < 4.78 is 18.5. The highest BCUT2D eigenvalue weighted by molar-refractivity contribution is 6.30. The topological polar surface area (TPSA) is 84.5 Å². The zero-order chi connectivity index (χ0) is 19.8. The molecule has 0 radical (unpaired) electrons. The van der Waals surface area contributed by atoms with Crippen molar-refractivity contribution in [3.8, 4) is 0 Å². The molecular formula is C19H16ClFN2O4. The maximum Gasteiger partial charge on any atom is 0.355 e. The summed E-state index contributed by atoms with van der Waals surface area (Å²) in [5, 5.41) is 4.85. The first-order valence-electron chi connectivity index (χ1n) is 7.81. The van der Waals surface area contributed by atoms with Crippen LogP contribution < -0.4 is 10.6 Å². The molecule has 0 aliphatic heterocycles. The highest BCUT2D eigenvalue weighted by Crippen LogP contribution is 2.19. The summed E-state index contributed by atoms with van der Waals surface area (Å²) >= 11 is 5.74. The van der Waals surface area contributed by atoms with E-state index in [-0.39, 0.29) is 16.4 Å². The molecule has 0 fully saturated rings. The number of nitrogens with one attached hydrogen (secondary N) is 2. The highest BCUT2D eigenvalue weighted by Gasteiger charge is 2.16. The standard InChI is InChI=1S/C19H16ClFN2O4/c1-12(24)22-17(9-13-5-3-2-4-6-13)19(26)27-11-18(25)23-16-10-14(20)7-8-15(16)21/h2-10H,11H2,1H3,(H,22,24)(H,23,25)/b17-9-. The quantitative estimate of drug-likeness (QED) is 0.586. The predicted molar refractivity (Wildman–Crippen MR) is 99.2 cm³/mol. The normalized spacial score (nSPS) is 10.9. The van der Waals surface area contributed by atoms with Crippen LogP contribution in [0.2, 0.25) is 5.02 Å². The van der Waals surface area contributed by atoms with Gasteiger partial charge in [0.2, 0.25) is 5.91 Å². The molecule has 2 aromatic rings. The minimum atomic E-state index is -0.907. The lowest BCUT2D eigenvalue weighted by molar-refractivity contribution is -0.144. The molecule has 140 valence electrons. The maximum absolute atomic E-state index is 13.6. The largest absolute Gasteiger partial charge is 0.451 e. The van der Waals surface area contributed by atoms with Gasteiger partial charge in [0.25, 0.3) is 5.91 Å². The number of hydrogen-bond donors (Lipinski definition) is 2. The SMILES string of the molecule is CC(=O)N/C(=C\c1ccccc1)C(=O)OCC(=O)Nc1cc(Cl)ccc1F. The molecule has 0 saturated carbocycles. The summed E-state index contributed by atoms with van der Waals surface area (Å²) in [7, 11) is 0. The molecule has 0 bridgehead atoms. The number of amides is 2. The number of halogens is 2. The van der Waals surface area contributed by atoms with Crippen LogP contribution >= 0.6 is 11.6 Å². The molecule has 0 aromatic heterocycles. The second-order valence-corrected chi connectivity index (χ2v) is 5.83. The molecule has 27 heavy (non-hydrogen) atoms. The van der Waals surface area contributed by atoms with Gasteiger partial charge in [-0.25, -0.2) is 9.18 Å². The van der Waals surface area contributed by atoms with Crippen LogP contribution in [0.5, 0.6) is 0 Å². The third-order valence-corrected chi connectivity index (χ3v) is 3.41. The molecule has 8 heteroatoms. The zero-order valence-corrected chi connectivity index (χ0v) is 15.0. The number of carbonyl (C=O) groups is 3. The number of rotatable bonds is 6. The van der Waals surface area contributed by atoms with Gasteiger partial charge in [-0.1, -0.05) is 41.9 Å². The highest BCUT2D eigenvalue weighted by atomic mass is 35.5. The number of ether oxygens (including phenoxy) is 1. The van der Waals surface area contributed by atoms with E-state index >= 15 is 0 Å². The number of hydrogen-bond acceptors (Lipinski definition) is 4. The van der Waals surface area contributed by atoms with Crippen molar-refractivity contribution in [2.75, 3.05) is 11.9 Å². The lowest BCUT2D eigenvalue weighted by Crippen LogP contribution is -2.29. The third kappa shape index (κ3) is 6.56. The lowest BCUT2D eigenvalue weighted by atomic mass is 10.2. The van der Waals surface area contributed by atoms with Crippen LogP contribution in [0.15, 0.2) is 54.2 Å². The van der Waals surface area contributed by atoms with Crippen LogP contribution in [0.1, 0.15) is 12.5 Å². The van der Waals surface area contributed by atoms with Gasteiger partial charge in [-0.3, -0.25) is 9.59 Å². The zero-order valence-electron chi connectivity index (χ0n) is 14.3. The first-order chi connectivity index (χ1) is 12.8. The molecule has 0 atom stereocenters.